The van der Waals surface area contributed by atoms with Gasteiger partial charge in [0.05, 0.1) is 23.6 Å². The van der Waals surface area contributed by atoms with Crippen LogP contribution in [0.3, 0.4) is 0 Å². The molecule has 1 aliphatic heterocycles. The number of hydrogen-bond acceptors (Lipinski definition) is 9. The molecule has 0 bridgehead atoms. The normalized spacial score (nSPS) is 12.0. The van der Waals surface area contributed by atoms with Crippen LogP contribution in [0.1, 0.15) is 25.2 Å². The summed E-state index contributed by atoms with van der Waals surface area (Å²) < 4.78 is 31.0. The highest BCUT2D eigenvalue weighted by atomic mass is 19.1. The lowest BCUT2D eigenvalue weighted by Crippen LogP contribution is -2.14. The first-order valence-electron chi connectivity index (χ1n) is 10.4. The summed E-state index contributed by atoms with van der Waals surface area (Å²) in [6.45, 7) is 6.08. The number of ether oxygens (including phenoxy) is 2. The lowest BCUT2D eigenvalue weighted by Gasteiger charge is -2.25. The first-order valence-corrected chi connectivity index (χ1v) is 10.4. The molecular formula is C23H21FN6O3. The lowest BCUT2D eigenvalue weighted by molar-refractivity contribution is 0.242. The van der Waals surface area contributed by atoms with E-state index in [-0.39, 0.29) is 17.9 Å². The van der Waals surface area contributed by atoms with Gasteiger partial charge in [-0.1, -0.05) is 5.16 Å². The van der Waals surface area contributed by atoms with E-state index in [0.29, 0.717) is 29.8 Å². The molecule has 0 atom stereocenters. The van der Waals surface area contributed by atoms with Crippen LogP contribution in [0.15, 0.2) is 47.1 Å². The lowest BCUT2D eigenvalue weighted by atomic mass is 10.0. The zero-order chi connectivity index (χ0) is 22.9. The van der Waals surface area contributed by atoms with E-state index in [1.54, 1.807) is 13.0 Å². The van der Waals surface area contributed by atoms with Crippen molar-refractivity contribution in [1.82, 2.24) is 20.1 Å². The number of nitrogens with one attached hydrogen (secondary N) is 2. The predicted octanol–water partition coefficient (Wildman–Crippen LogP) is 5.14. The molecule has 0 saturated carbocycles. The van der Waals surface area contributed by atoms with Gasteiger partial charge in [0.2, 0.25) is 5.95 Å². The fourth-order valence-electron chi connectivity index (χ4n) is 3.37. The van der Waals surface area contributed by atoms with E-state index in [9.17, 15) is 4.39 Å². The second-order valence-corrected chi connectivity index (χ2v) is 7.73. The van der Waals surface area contributed by atoms with E-state index < -0.39 is 5.82 Å². The Labute approximate surface area is 189 Å². The van der Waals surface area contributed by atoms with Gasteiger partial charge in [-0.3, -0.25) is 0 Å². The second-order valence-electron chi connectivity index (χ2n) is 7.73. The molecular weight excluding hydrogens is 427 g/mol. The number of nitrogens with zero attached hydrogens (tertiary/aromatic N) is 4. The second kappa shape index (κ2) is 8.38. The number of rotatable bonds is 7. The van der Waals surface area contributed by atoms with Crippen molar-refractivity contribution < 1.29 is 18.4 Å². The summed E-state index contributed by atoms with van der Waals surface area (Å²) in [4.78, 5) is 12.6. The summed E-state index contributed by atoms with van der Waals surface area (Å²) in [6.07, 6.45) is 1.20. The van der Waals surface area contributed by atoms with Gasteiger partial charge >= 0.3 is 0 Å². The van der Waals surface area contributed by atoms with Crippen LogP contribution in [0.2, 0.25) is 0 Å². The first kappa shape index (κ1) is 20.7. The Hall–Kier alpha value is -4.21. The predicted molar refractivity (Wildman–Crippen MR) is 120 cm³/mol. The molecule has 0 aliphatic carbocycles. The van der Waals surface area contributed by atoms with E-state index in [1.165, 1.54) is 0 Å². The molecule has 2 aromatic carbocycles. The fraction of sp³-hybridized carbons (Fsp3) is 0.217. The van der Waals surface area contributed by atoms with E-state index in [0.717, 1.165) is 28.8 Å². The highest BCUT2D eigenvalue weighted by molar-refractivity contribution is 5.77. The summed E-state index contributed by atoms with van der Waals surface area (Å²) in [6, 6.07) is 11.0. The summed E-state index contributed by atoms with van der Waals surface area (Å²) in [7, 11) is 0. The van der Waals surface area contributed by atoms with Crippen LogP contribution in [0.25, 0.3) is 11.5 Å². The third-order valence-electron chi connectivity index (χ3n) is 4.86. The molecule has 5 rings (SSSR count). The number of halogens is 1. The van der Waals surface area contributed by atoms with Gasteiger partial charge in [-0.05, 0) is 57.2 Å². The monoisotopic (exact) mass is 448 g/mol. The van der Waals surface area contributed by atoms with Gasteiger partial charge in [0, 0.05) is 11.3 Å². The topological polar surface area (TPSA) is 107 Å². The molecule has 0 radical (unpaired) electrons. The number of aryl methyl sites for hydroxylation is 1. The van der Waals surface area contributed by atoms with Crippen molar-refractivity contribution >= 4 is 23.1 Å². The van der Waals surface area contributed by atoms with Crippen LogP contribution in [0.5, 0.6) is 11.5 Å². The number of benzene rings is 2. The molecule has 0 saturated heterocycles. The van der Waals surface area contributed by atoms with Gasteiger partial charge in [0.15, 0.2) is 23.2 Å². The molecule has 1 aliphatic rings. The van der Waals surface area contributed by atoms with E-state index in [4.69, 9.17) is 14.0 Å². The largest absolute Gasteiger partial charge is 0.491 e. The van der Waals surface area contributed by atoms with Crippen molar-refractivity contribution in [3.63, 3.8) is 0 Å². The van der Waals surface area contributed by atoms with Gasteiger partial charge < -0.3 is 24.6 Å². The number of aromatic nitrogens is 4. The molecule has 10 heteroatoms. The van der Waals surface area contributed by atoms with Crippen molar-refractivity contribution in [3.8, 4) is 23.0 Å². The molecule has 3 heterocycles. The van der Waals surface area contributed by atoms with Crippen LogP contribution >= 0.6 is 0 Å². The Kier molecular flexibility index (Phi) is 5.25. The van der Waals surface area contributed by atoms with Gasteiger partial charge in [-0.25, -0.2) is 9.37 Å². The van der Waals surface area contributed by atoms with Crippen LogP contribution in [-0.4, -0.2) is 26.2 Å². The molecule has 4 aromatic rings. The standard InChI is InChI=1S/C23H21FN6O3/c1-12(2)32-15-6-4-14(5-7-15)27-23-25-10-18(24)21(29-23)28-19-9-8-16(17-11-31-20(17)19)22-26-13(3)30-33-22/h4-10,12H,11H2,1-3H3,(H2,25,27,28,29). The Morgan fingerprint density at radius 1 is 1.06 bits per heavy atom. The minimum absolute atomic E-state index is 0.0198. The Balaban J connectivity index is 1.35. The Morgan fingerprint density at radius 3 is 2.55 bits per heavy atom. The average molecular weight is 448 g/mol. The van der Waals surface area contributed by atoms with Crippen molar-refractivity contribution in [2.24, 2.45) is 0 Å². The van der Waals surface area contributed by atoms with E-state index in [2.05, 4.69) is 30.7 Å². The SMILES string of the molecule is Cc1noc(-c2ccc(Nc3nc(Nc4ccc(OC(C)C)cc4)ncc3F)c3c2CO3)n1. The Bertz CT molecular complexity index is 1310. The van der Waals surface area contributed by atoms with Crippen molar-refractivity contribution in [1.29, 1.82) is 0 Å². The molecule has 2 N–H and O–H groups in total. The van der Waals surface area contributed by atoms with Crippen LogP contribution < -0.4 is 20.1 Å². The molecule has 168 valence electrons. The molecule has 33 heavy (non-hydrogen) atoms. The summed E-state index contributed by atoms with van der Waals surface area (Å²) in [5, 5.41) is 9.89. The minimum Gasteiger partial charge on any atom is -0.491 e. The van der Waals surface area contributed by atoms with E-state index >= 15 is 0 Å². The molecule has 2 aromatic heterocycles. The smallest absolute Gasteiger partial charge is 0.258 e. The maximum absolute atomic E-state index is 14.5. The van der Waals surface area contributed by atoms with Crippen molar-refractivity contribution in [2.45, 2.75) is 33.5 Å². The molecule has 0 fully saturated rings. The van der Waals surface area contributed by atoms with Crippen molar-refractivity contribution in [3.05, 3.63) is 59.8 Å². The highest BCUT2D eigenvalue weighted by Gasteiger charge is 2.27. The maximum Gasteiger partial charge on any atom is 0.258 e. The van der Waals surface area contributed by atoms with Gasteiger partial charge in [-0.2, -0.15) is 9.97 Å². The third-order valence-corrected chi connectivity index (χ3v) is 4.86. The van der Waals surface area contributed by atoms with Gasteiger partial charge in [0.1, 0.15) is 12.4 Å². The summed E-state index contributed by atoms with van der Waals surface area (Å²) in [5.74, 6) is 1.99. The molecule has 0 unspecified atom stereocenters. The summed E-state index contributed by atoms with van der Waals surface area (Å²) >= 11 is 0. The fourth-order valence-corrected chi connectivity index (χ4v) is 3.37. The number of hydrogen-bond donors (Lipinski definition) is 2. The van der Waals surface area contributed by atoms with Gasteiger partial charge in [-0.15, -0.1) is 0 Å². The quantitative estimate of drug-likeness (QED) is 0.397. The number of anilines is 4. The average Bonchev–Trinajstić information content (AvgIpc) is 3.19. The third kappa shape index (κ3) is 4.27. The van der Waals surface area contributed by atoms with Gasteiger partial charge in [0.25, 0.3) is 5.89 Å². The molecule has 9 nitrogen and oxygen atoms in total. The van der Waals surface area contributed by atoms with Crippen LogP contribution in [0.4, 0.5) is 27.5 Å². The maximum atomic E-state index is 14.5. The van der Waals surface area contributed by atoms with Crippen LogP contribution in [0, 0.1) is 12.7 Å². The van der Waals surface area contributed by atoms with Crippen LogP contribution in [-0.2, 0) is 6.61 Å². The number of fused-ring (bicyclic) bond motifs is 1. The van der Waals surface area contributed by atoms with Crippen molar-refractivity contribution in [2.75, 3.05) is 10.6 Å². The zero-order valence-corrected chi connectivity index (χ0v) is 18.2. The summed E-state index contributed by atoms with van der Waals surface area (Å²) in [5.41, 5.74) is 3.02. The minimum atomic E-state index is -0.592. The first-order chi connectivity index (χ1) is 16.0. The zero-order valence-electron chi connectivity index (χ0n) is 18.2. The highest BCUT2D eigenvalue weighted by Crippen LogP contribution is 2.44. The molecule has 0 spiro atoms. The van der Waals surface area contributed by atoms with E-state index in [1.807, 2.05) is 44.2 Å². The Morgan fingerprint density at radius 2 is 1.88 bits per heavy atom. The molecule has 0 amide bonds.